The summed E-state index contributed by atoms with van der Waals surface area (Å²) in [4.78, 5) is 10.5. The van der Waals surface area contributed by atoms with Gasteiger partial charge in [-0.1, -0.05) is 32.4 Å². The fourth-order valence-electron chi connectivity index (χ4n) is 2.72. The zero-order chi connectivity index (χ0) is 12.8. The molecule has 0 heterocycles. The van der Waals surface area contributed by atoms with Crippen molar-refractivity contribution < 1.29 is 4.79 Å². The van der Waals surface area contributed by atoms with Gasteiger partial charge in [-0.3, -0.25) is 4.79 Å². The quantitative estimate of drug-likeness (QED) is 0.511. The Morgan fingerprint density at radius 2 is 2.06 bits per heavy atom. The van der Waals surface area contributed by atoms with E-state index in [4.69, 9.17) is 0 Å². The van der Waals surface area contributed by atoms with Crippen LogP contribution in [-0.2, 0) is 4.79 Å². The molecule has 1 nitrogen and oxygen atoms in total. The predicted octanol–water partition coefficient (Wildman–Crippen LogP) is 4.60. The maximum atomic E-state index is 10.5. The number of hydrogen-bond acceptors (Lipinski definition) is 1. The van der Waals surface area contributed by atoms with Gasteiger partial charge in [0.15, 0.2) is 0 Å². The maximum Gasteiger partial charge on any atom is 0.143 e. The molecular weight excluding hydrogens is 208 g/mol. The van der Waals surface area contributed by atoms with Crippen LogP contribution in [0.5, 0.6) is 0 Å². The van der Waals surface area contributed by atoms with Gasteiger partial charge >= 0.3 is 0 Å². The average molecular weight is 232 g/mol. The summed E-state index contributed by atoms with van der Waals surface area (Å²) in [6.45, 7) is 8.78. The lowest BCUT2D eigenvalue weighted by atomic mass is 9.80. The molecule has 0 amide bonds. The van der Waals surface area contributed by atoms with Crippen LogP contribution in [0.1, 0.15) is 53.4 Å². The monoisotopic (exact) mass is 232 g/mol. The maximum absolute atomic E-state index is 10.5. The topological polar surface area (TPSA) is 17.1 Å². The Hall–Kier alpha value is -1.11. The number of hydrogen-bond donors (Lipinski definition) is 0. The van der Waals surface area contributed by atoms with Crippen LogP contribution in [0.2, 0.25) is 0 Å². The van der Waals surface area contributed by atoms with Gasteiger partial charge in [0.2, 0.25) is 0 Å². The van der Waals surface area contributed by atoms with Crippen molar-refractivity contribution >= 4 is 6.29 Å². The molecular formula is C16H24O. The van der Waals surface area contributed by atoms with E-state index < -0.39 is 0 Å². The average Bonchev–Trinajstić information content (AvgIpc) is 2.28. The van der Waals surface area contributed by atoms with Gasteiger partial charge in [-0.05, 0) is 61.3 Å². The molecule has 0 spiro atoms. The molecule has 0 aromatic carbocycles. The van der Waals surface area contributed by atoms with Gasteiger partial charge in [0.05, 0.1) is 0 Å². The molecule has 94 valence electrons. The third kappa shape index (κ3) is 3.69. The van der Waals surface area contributed by atoms with Crippen molar-refractivity contribution in [1.29, 1.82) is 0 Å². The Bertz CT molecular complexity index is 367. The van der Waals surface area contributed by atoms with Crippen LogP contribution in [0.25, 0.3) is 0 Å². The van der Waals surface area contributed by atoms with Gasteiger partial charge in [-0.2, -0.15) is 0 Å². The highest BCUT2D eigenvalue weighted by Crippen LogP contribution is 2.36. The van der Waals surface area contributed by atoms with Crippen molar-refractivity contribution in [3.8, 4) is 0 Å². The van der Waals surface area contributed by atoms with Gasteiger partial charge < -0.3 is 0 Å². The number of carbonyl (C=O) groups is 1. The van der Waals surface area contributed by atoms with Crippen molar-refractivity contribution in [2.45, 2.75) is 53.4 Å². The summed E-state index contributed by atoms with van der Waals surface area (Å²) >= 11 is 0. The first-order valence-corrected chi connectivity index (χ1v) is 6.65. The molecule has 0 aromatic heterocycles. The van der Waals surface area contributed by atoms with Crippen molar-refractivity contribution in [2.75, 3.05) is 0 Å². The smallest absolute Gasteiger partial charge is 0.143 e. The first-order valence-electron chi connectivity index (χ1n) is 6.65. The fourth-order valence-corrected chi connectivity index (χ4v) is 2.72. The van der Waals surface area contributed by atoms with Crippen LogP contribution in [0, 0.1) is 5.92 Å². The minimum atomic E-state index is 0.584. The summed E-state index contributed by atoms with van der Waals surface area (Å²) in [7, 11) is 0. The van der Waals surface area contributed by atoms with E-state index in [2.05, 4.69) is 26.8 Å². The molecule has 1 heteroatoms. The van der Waals surface area contributed by atoms with Crippen LogP contribution in [-0.4, -0.2) is 6.29 Å². The zero-order valence-electron chi connectivity index (χ0n) is 11.5. The SMILES string of the molecule is CCC1=C(C(C)C)/C(=C/C(C)=C/C=O)CCC1. The molecule has 1 aliphatic rings. The van der Waals surface area contributed by atoms with Gasteiger partial charge in [-0.15, -0.1) is 0 Å². The first-order chi connectivity index (χ1) is 8.10. The molecule has 0 fully saturated rings. The van der Waals surface area contributed by atoms with Crippen LogP contribution >= 0.6 is 0 Å². The van der Waals surface area contributed by atoms with E-state index in [1.807, 2.05) is 6.92 Å². The van der Waals surface area contributed by atoms with Crippen LogP contribution in [0.15, 0.2) is 34.4 Å². The standard InChI is InChI=1S/C16H24O/c1-5-14-7-6-8-15(16(14)12(2)3)11-13(4)9-10-17/h9-12H,5-8H2,1-4H3/b13-9+,15-11+. The number of carbonyl (C=O) groups excluding carboxylic acids is 1. The third-order valence-electron chi connectivity index (χ3n) is 3.39. The number of aldehydes is 1. The predicted molar refractivity (Wildman–Crippen MR) is 73.9 cm³/mol. The highest BCUT2D eigenvalue weighted by Gasteiger charge is 2.18. The second-order valence-electron chi connectivity index (χ2n) is 5.10. The van der Waals surface area contributed by atoms with Crippen molar-refractivity contribution in [3.05, 3.63) is 34.4 Å². The summed E-state index contributed by atoms with van der Waals surface area (Å²) in [5, 5.41) is 0. The van der Waals surface area contributed by atoms with E-state index in [0.29, 0.717) is 5.92 Å². The summed E-state index contributed by atoms with van der Waals surface area (Å²) < 4.78 is 0. The largest absolute Gasteiger partial charge is 0.299 e. The Morgan fingerprint density at radius 3 is 2.59 bits per heavy atom. The Morgan fingerprint density at radius 1 is 1.35 bits per heavy atom. The van der Waals surface area contributed by atoms with Gasteiger partial charge in [0, 0.05) is 0 Å². The van der Waals surface area contributed by atoms with E-state index in [1.54, 1.807) is 11.6 Å². The molecule has 0 saturated heterocycles. The van der Waals surface area contributed by atoms with Gasteiger partial charge in [0.1, 0.15) is 6.29 Å². The van der Waals surface area contributed by atoms with Gasteiger partial charge in [-0.25, -0.2) is 0 Å². The molecule has 0 aromatic rings. The molecule has 17 heavy (non-hydrogen) atoms. The summed E-state index contributed by atoms with van der Waals surface area (Å²) in [6, 6.07) is 0. The lowest BCUT2D eigenvalue weighted by Crippen LogP contribution is -2.08. The van der Waals surface area contributed by atoms with Crippen LogP contribution < -0.4 is 0 Å². The summed E-state index contributed by atoms with van der Waals surface area (Å²) in [5.41, 5.74) is 5.65. The Kier molecular flexibility index (Phi) is 5.40. The van der Waals surface area contributed by atoms with E-state index in [-0.39, 0.29) is 0 Å². The highest BCUT2D eigenvalue weighted by molar-refractivity contribution is 5.67. The van der Waals surface area contributed by atoms with E-state index in [9.17, 15) is 4.79 Å². The fraction of sp³-hybridized carbons (Fsp3) is 0.562. The lowest BCUT2D eigenvalue weighted by molar-refractivity contribution is -0.104. The Balaban J connectivity index is 3.13. The highest BCUT2D eigenvalue weighted by atomic mass is 16.1. The first kappa shape index (κ1) is 14.0. The van der Waals surface area contributed by atoms with E-state index in [0.717, 1.165) is 24.7 Å². The normalized spacial score (nSPS) is 20.3. The second kappa shape index (κ2) is 6.58. The Labute approximate surface area is 105 Å². The molecule has 0 unspecified atom stereocenters. The van der Waals surface area contributed by atoms with Crippen molar-refractivity contribution in [1.82, 2.24) is 0 Å². The zero-order valence-corrected chi connectivity index (χ0v) is 11.5. The lowest BCUT2D eigenvalue weighted by Gasteiger charge is -2.26. The molecule has 0 atom stereocenters. The molecule has 0 N–H and O–H groups in total. The minimum Gasteiger partial charge on any atom is -0.299 e. The third-order valence-corrected chi connectivity index (χ3v) is 3.39. The molecule has 0 aliphatic heterocycles. The summed E-state index contributed by atoms with van der Waals surface area (Å²) in [6.07, 6.45) is 9.51. The minimum absolute atomic E-state index is 0.584. The molecule has 0 radical (unpaired) electrons. The van der Waals surface area contributed by atoms with E-state index in [1.165, 1.54) is 24.0 Å². The van der Waals surface area contributed by atoms with Gasteiger partial charge in [0.25, 0.3) is 0 Å². The molecule has 0 bridgehead atoms. The molecule has 0 saturated carbocycles. The van der Waals surface area contributed by atoms with Crippen LogP contribution in [0.3, 0.4) is 0 Å². The van der Waals surface area contributed by atoms with Crippen LogP contribution in [0.4, 0.5) is 0 Å². The molecule has 1 rings (SSSR count). The second-order valence-corrected chi connectivity index (χ2v) is 5.10. The van der Waals surface area contributed by atoms with Crippen molar-refractivity contribution in [3.63, 3.8) is 0 Å². The van der Waals surface area contributed by atoms with E-state index >= 15 is 0 Å². The number of rotatable bonds is 4. The number of allylic oxidation sites excluding steroid dienone is 6. The summed E-state index contributed by atoms with van der Waals surface area (Å²) in [5.74, 6) is 0.584. The van der Waals surface area contributed by atoms with Crippen molar-refractivity contribution in [2.24, 2.45) is 5.92 Å². The molecule has 1 aliphatic carbocycles.